The summed E-state index contributed by atoms with van der Waals surface area (Å²) in [6.07, 6.45) is 15.7. The Bertz CT molecular complexity index is 273. The van der Waals surface area contributed by atoms with Crippen molar-refractivity contribution in [3.63, 3.8) is 0 Å². The number of hydrogen-bond acceptors (Lipinski definition) is 0. The minimum atomic E-state index is 0. The fourth-order valence-electron chi connectivity index (χ4n) is 1.59. The van der Waals surface area contributed by atoms with Crippen LogP contribution in [0.1, 0.15) is 17.1 Å². The first-order valence-corrected chi connectivity index (χ1v) is 5.72. The van der Waals surface area contributed by atoms with E-state index in [2.05, 4.69) is 36.5 Å². The topological polar surface area (TPSA) is 0 Å². The molecule has 0 bridgehead atoms. The first-order chi connectivity index (χ1) is 5.88. The summed E-state index contributed by atoms with van der Waals surface area (Å²) in [7, 11) is 0. The van der Waals surface area contributed by atoms with Gasteiger partial charge in [-0.15, -0.1) is 0 Å². The van der Waals surface area contributed by atoms with Crippen LogP contribution in [0.4, 0.5) is 0 Å². The van der Waals surface area contributed by atoms with Gasteiger partial charge in [-0.1, -0.05) is 0 Å². The van der Waals surface area contributed by atoms with Crippen LogP contribution in [0.5, 0.6) is 0 Å². The predicted octanol–water partition coefficient (Wildman–Crippen LogP) is 3.43. The summed E-state index contributed by atoms with van der Waals surface area (Å²) in [6.45, 7) is 0. The van der Waals surface area contributed by atoms with Gasteiger partial charge >= 0.3 is 88.8 Å². The Morgan fingerprint density at radius 3 is 1.92 bits per heavy atom. The van der Waals surface area contributed by atoms with Gasteiger partial charge in [0.1, 0.15) is 0 Å². The van der Waals surface area contributed by atoms with E-state index in [1.54, 1.807) is 35.9 Å². The molecule has 0 saturated carbocycles. The van der Waals surface area contributed by atoms with E-state index in [1.165, 1.54) is 12.8 Å². The van der Waals surface area contributed by atoms with Crippen molar-refractivity contribution in [3.8, 4) is 0 Å². The molecule has 0 heterocycles. The molecule has 2 aliphatic rings. The van der Waals surface area contributed by atoms with Crippen molar-refractivity contribution in [2.24, 2.45) is 0 Å². The van der Waals surface area contributed by atoms with E-state index >= 15 is 0 Å². The van der Waals surface area contributed by atoms with Crippen LogP contribution in [0, 0.1) is 0 Å². The zero-order valence-electron chi connectivity index (χ0n) is 9.96. The maximum absolute atomic E-state index is 2.28. The van der Waals surface area contributed by atoms with Gasteiger partial charge in [-0.05, 0) is 0 Å². The predicted molar refractivity (Wildman–Crippen MR) is 50.8 cm³/mol. The zero-order valence-corrected chi connectivity index (χ0v) is 9.41. The quantitative estimate of drug-likeness (QED) is 0.690. The molecule has 0 N–H and O–H groups in total. The SMILES string of the molecule is [H-].[H-].[H-].[Zr+3][CH](C1=CC=CC1)C1=CC=CC1. The van der Waals surface area contributed by atoms with E-state index in [0.29, 0.717) is 0 Å². The fourth-order valence-corrected chi connectivity index (χ4v) is 2.65. The normalized spacial score (nSPS) is 20.6. The fraction of sp³-hybridized carbons (Fsp3) is 0.273. The van der Waals surface area contributed by atoms with Crippen molar-refractivity contribution >= 4 is 0 Å². The molecule has 0 aromatic rings. The number of rotatable bonds is 2. The molecule has 0 saturated heterocycles. The molecule has 0 radical (unpaired) electrons. The Balaban J connectivity index is 0. The van der Waals surface area contributed by atoms with Gasteiger partial charge in [-0.3, -0.25) is 0 Å². The summed E-state index contributed by atoms with van der Waals surface area (Å²) in [4.78, 5) is 0. The third-order valence-electron chi connectivity index (χ3n) is 2.34. The number of hydrogen-bond donors (Lipinski definition) is 0. The summed E-state index contributed by atoms with van der Waals surface area (Å²) in [6, 6.07) is 0. The van der Waals surface area contributed by atoms with Gasteiger partial charge in [-0.25, -0.2) is 0 Å². The van der Waals surface area contributed by atoms with Gasteiger partial charge in [-0.2, -0.15) is 0 Å². The van der Waals surface area contributed by atoms with Crippen molar-refractivity contribution in [1.82, 2.24) is 0 Å². The van der Waals surface area contributed by atoms with E-state index in [-0.39, 0.29) is 4.28 Å². The second-order valence-corrected chi connectivity index (χ2v) is 4.60. The average molecular weight is 237 g/mol. The van der Waals surface area contributed by atoms with E-state index in [1.807, 2.05) is 0 Å². The monoisotopic (exact) mass is 236 g/mol. The molecule has 2 rings (SSSR count). The van der Waals surface area contributed by atoms with Gasteiger partial charge in [0.15, 0.2) is 0 Å². The summed E-state index contributed by atoms with van der Waals surface area (Å²) < 4.78 is 0.738. The van der Waals surface area contributed by atoms with Crippen LogP contribution in [0.2, 0.25) is 3.63 Å². The van der Waals surface area contributed by atoms with E-state index < -0.39 is 0 Å². The van der Waals surface area contributed by atoms with Crippen LogP contribution in [0.15, 0.2) is 47.6 Å². The second-order valence-electron chi connectivity index (χ2n) is 3.18. The van der Waals surface area contributed by atoms with Crippen molar-refractivity contribution in [3.05, 3.63) is 47.6 Å². The summed E-state index contributed by atoms with van der Waals surface area (Å²) in [5, 5.41) is 0. The molecule has 0 unspecified atom stereocenters. The Kier molecular flexibility index (Phi) is 2.61. The zero-order chi connectivity index (χ0) is 8.39. The molecular formula is C11H14Zr. The molecule has 62 valence electrons. The van der Waals surface area contributed by atoms with Crippen LogP contribution in [0.25, 0.3) is 0 Å². The summed E-state index contributed by atoms with van der Waals surface area (Å²) in [5.41, 5.74) is 3.20. The van der Waals surface area contributed by atoms with Crippen LogP contribution < -0.4 is 0 Å². The Morgan fingerprint density at radius 2 is 1.58 bits per heavy atom. The molecule has 2 aliphatic carbocycles. The number of allylic oxidation sites excluding steroid dienone is 8. The summed E-state index contributed by atoms with van der Waals surface area (Å²) in [5.74, 6) is 0. The molecule has 0 atom stereocenters. The Labute approximate surface area is 93.0 Å². The van der Waals surface area contributed by atoms with Crippen LogP contribution >= 0.6 is 0 Å². The van der Waals surface area contributed by atoms with Crippen molar-refractivity contribution in [1.29, 1.82) is 0 Å². The Hall–Kier alpha value is -0.157. The van der Waals surface area contributed by atoms with Crippen LogP contribution in [-0.2, 0) is 24.7 Å². The van der Waals surface area contributed by atoms with Crippen LogP contribution in [-0.4, -0.2) is 0 Å². The van der Waals surface area contributed by atoms with Gasteiger partial charge < -0.3 is 4.28 Å². The molecular weight excluding hydrogens is 223 g/mol. The third kappa shape index (κ3) is 1.61. The molecule has 0 fully saturated rings. The molecule has 0 aliphatic heterocycles. The Morgan fingerprint density at radius 1 is 1.08 bits per heavy atom. The van der Waals surface area contributed by atoms with Crippen molar-refractivity contribution < 1.29 is 29.0 Å². The van der Waals surface area contributed by atoms with E-state index in [0.717, 1.165) is 3.63 Å². The van der Waals surface area contributed by atoms with Gasteiger partial charge in [0, 0.05) is 0 Å². The molecule has 0 nitrogen and oxygen atoms in total. The first kappa shape index (κ1) is 8.44. The van der Waals surface area contributed by atoms with Crippen LogP contribution in [0.3, 0.4) is 0 Å². The third-order valence-corrected chi connectivity index (χ3v) is 4.16. The average Bonchev–Trinajstić information content (AvgIpc) is 2.77. The van der Waals surface area contributed by atoms with E-state index in [4.69, 9.17) is 0 Å². The minimum absolute atomic E-state index is 0. The molecule has 0 spiro atoms. The van der Waals surface area contributed by atoms with Gasteiger partial charge in [0.25, 0.3) is 0 Å². The molecule has 1 heteroatoms. The van der Waals surface area contributed by atoms with Gasteiger partial charge in [0.2, 0.25) is 0 Å². The molecule has 0 amide bonds. The second kappa shape index (κ2) is 3.70. The van der Waals surface area contributed by atoms with Crippen molar-refractivity contribution in [2.45, 2.75) is 16.5 Å². The van der Waals surface area contributed by atoms with Crippen molar-refractivity contribution in [2.75, 3.05) is 0 Å². The summed E-state index contributed by atoms with van der Waals surface area (Å²) >= 11 is 1.63. The molecule has 0 aromatic heterocycles. The van der Waals surface area contributed by atoms with E-state index in [9.17, 15) is 0 Å². The standard InChI is InChI=1S/C11H11.Zr.3H/c1-2-6-10(5-1)9-11-7-3-4-8-11;;;;/h1-5,7,9H,6,8H2;;;;/q;+3;3*-1. The maximum atomic E-state index is 2.28. The molecule has 12 heavy (non-hydrogen) atoms. The first-order valence-electron chi connectivity index (χ1n) is 4.30. The molecule has 0 aromatic carbocycles. The van der Waals surface area contributed by atoms with Gasteiger partial charge in [0.05, 0.1) is 0 Å².